The van der Waals surface area contributed by atoms with E-state index >= 15 is 0 Å². The summed E-state index contributed by atoms with van der Waals surface area (Å²) in [7, 11) is 1.67. The minimum atomic E-state index is -0.464. The van der Waals surface area contributed by atoms with Gasteiger partial charge in [-0.2, -0.15) is 4.98 Å². The summed E-state index contributed by atoms with van der Waals surface area (Å²) in [5.74, 6) is 1.89. The number of hydrogen-bond acceptors (Lipinski definition) is 5. The molecular weight excluding hydrogens is 254 g/mol. The maximum atomic E-state index is 6.47. The number of nitrogens with two attached hydrogens (primary N) is 1. The SMILES string of the molecule is COC(c1noc(C2(N)CCC(C)CC2)n1)C(C)(C)C. The van der Waals surface area contributed by atoms with Crippen LogP contribution in [0, 0.1) is 11.3 Å². The van der Waals surface area contributed by atoms with Crippen molar-refractivity contribution in [3.63, 3.8) is 0 Å². The van der Waals surface area contributed by atoms with Crippen LogP contribution in [0.3, 0.4) is 0 Å². The van der Waals surface area contributed by atoms with Crippen molar-refractivity contribution in [2.24, 2.45) is 17.1 Å². The van der Waals surface area contributed by atoms with E-state index in [1.165, 1.54) is 0 Å². The zero-order chi connectivity index (χ0) is 15.0. The Labute approximate surface area is 121 Å². The van der Waals surface area contributed by atoms with Gasteiger partial charge in [-0.1, -0.05) is 32.9 Å². The standard InChI is InChI=1S/C15H27N3O2/c1-10-6-8-15(16,9-7-10)13-17-12(18-20-13)11(19-5)14(2,3)4/h10-11H,6-9,16H2,1-5H3. The van der Waals surface area contributed by atoms with E-state index < -0.39 is 5.54 Å². The second-order valence-corrected chi connectivity index (χ2v) is 7.28. The molecule has 1 unspecified atom stereocenters. The van der Waals surface area contributed by atoms with Crippen LogP contribution in [0.5, 0.6) is 0 Å². The summed E-state index contributed by atoms with van der Waals surface area (Å²) in [4.78, 5) is 4.54. The van der Waals surface area contributed by atoms with Crippen LogP contribution in [0.4, 0.5) is 0 Å². The minimum absolute atomic E-state index is 0.0846. The Morgan fingerprint density at radius 2 is 1.95 bits per heavy atom. The summed E-state index contributed by atoms with van der Waals surface area (Å²) >= 11 is 0. The van der Waals surface area contributed by atoms with Crippen LogP contribution in [0.1, 0.15) is 71.2 Å². The first-order valence-corrected chi connectivity index (χ1v) is 7.42. The number of nitrogens with zero attached hydrogens (tertiary/aromatic N) is 2. The van der Waals surface area contributed by atoms with E-state index in [1.807, 2.05) is 0 Å². The van der Waals surface area contributed by atoms with Crippen molar-refractivity contribution in [2.45, 2.75) is 65.0 Å². The molecule has 1 aliphatic rings. The maximum absolute atomic E-state index is 6.47. The van der Waals surface area contributed by atoms with E-state index in [0.717, 1.165) is 31.6 Å². The number of methoxy groups -OCH3 is 1. The van der Waals surface area contributed by atoms with E-state index in [-0.39, 0.29) is 11.5 Å². The highest BCUT2D eigenvalue weighted by Crippen LogP contribution is 2.38. The second kappa shape index (κ2) is 5.45. The molecular formula is C15H27N3O2. The zero-order valence-corrected chi connectivity index (χ0v) is 13.3. The predicted molar refractivity (Wildman–Crippen MR) is 77.0 cm³/mol. The van der Waals surface area contributed by atoms with Gasteiger partial charge in [-0.25, -0.2) is 0 Å². The molecule has 1 aliphatic carbocycles. The molecule has 0 saturated heterocycles. The number of aromatic nitrogens is 2. The van der Waals surface area contributed by atoms with E-state index in [4.69, 9.17) is 15.0 Å². The van der Waals surface area contributed by atoms with Crippen LogP contribution in [-0.2, 0) is 10.3 Å². The van der Waals surface area contributed by atoms with Crippen molar-refractivity contribution < 1.29 is 9.26 Å². The van der Waals surface area contributed by atoms with Gasteiger partial charge in [0.2, 0.25) is 11.7 Å². The van der Waals surface area contributed by atoms with Gasteiger partial charge in [-0.05, 0) is 37.0 Å². The van der Waals surface area contributed by atoms with Crippen LogP contribution < -0.4 is 5.73 Å². The fourth-order valence-corrected chi connectivity index (χ4v) is 2.88. The Kier molecular flexibility index (Phi) is 4.21. The third-order valence-electron chi connectivity index (χ3n) is 4.29. The second-order valence-electron chi connectivity index (χ2n) is 7.28. The number of ether oxygens (including phenoxy) is 1. The molecule has 0 bridgehead atoms. The maximum Gasteiger partial charge on any atom is 0.246 e. The minimum Gasteiger partial charge on any atom is -0.373 e. The van der Waals surface area contributed by atoms with E-state index in [1.54, 1.807) is 7.11 Å². The molecule has 1 saturated carbocycles. The molecule has 0 amide bonds. The van der Waals surface area contributed by atoms with Crippen LogP contribution in [0.15, 0.2) is 4.52 Å². The quantitative estimate of drug-likeness (QED) is 0.921. The summed E-state index contributed by atoms with van der Waals surface area (Å²) in [6, 6.07) is 0. The lowest BCUT2D eigenvalue weighted by Crippen LogP contribution is -2.40. The van der Waals surface area contributed by atoms with Crippen molar-refractivity contribution in [3.05, 3.63) is 11.7 Å². The molecule has 5 nitrogen and oxygen atoms in total. The Morgan fingerprint density at radius 1 is 1.35 bits per heavy atom. The highest BCUT2D eigenvalue weighted by Gasteiger charge is 2.39. The molecule has 2 N–H and O–H groups in total. The largest absolute Gasteiger partial charge is 0.373 e. The summed E-state index contributed by atoms with van der Waals surface area (Å²) in [5, 5.41) is 4.10. The molecule has 1 heterocycles. The van der Waals surface area contributed by atoms with Crippen LogP contribution in [0.2, 0.25) is 0 Å². The summed E-state index contributed by atoms with van der Waals surface area (Å²) < 4.78 is 11.0. The van der Waals surface area contributed by atoms with Gasteiger partial charge in [-0.15, -0.1) is 0 Å². The molecule has 0 spiro atoms. The predicted octanol–water partition coefficient (Wildman–Crippen LogP) is 3.17. The number of rotatable bonds is 3. The van der Waals surface area contributed by atoms with Crippen molar-refractivity contribution in [1.82, 2.24) is 10.1 Å². The van der Waals surface area contributed by atoms with E-state index in [2.05, 4.69) is 37.8 Å². The van der Waals surface area contributed by atoms with Gasteiger partial charge in [0.05, 0.1) is 5.54 Å². The van der Waals surface area contributed by atoms with Gasteiger partial charge in [0.25, 0.3) is 0 Å². The summed E-state index contributed by atoms with van der Waals surface area (Å²) in [6.45, 7) is 8.55. The highest BCUT2D eigenvalue weighted by atomic mass is 16.5. The molecule has 2 rings (SSSR count). The van der Waals surface area contributed by atoms with Crippen molar-refractivity contribution in [1.29, 1.82) is 0 Å². The van der Waals surface area contributed by atoms with Gasteiger partial charge >= 0.3 is 0 Å². The van der Waals surface area contributed by atoms with E-state index in [9.17, 15) is 0 Å². The fraction of sp³-hybridized carbons (Fsp3) is 0.867. The molecule has 1 aromatic rings. The normalized spacial score (nSPS) is 29.4. The van der Waals surface area contributed by atoms with Gasteiger partial charge in [0, 0.05) is 7.11 Å². The Balaban J connectivity index is 2.20. The molecule has 1 fully saturated rings. The van der Waals surface area contributed by atoms with Crippen molar-refractivity contribution in [3.8, 4) is 0 Å². The number of hydrogen-bond donors (Lipinski definition) is 1. The monoisotopic (exact) mass is 281 g/mol. The molecule has 5 heteroatoms. The average Bonchev–Trinajstić information content (AvgIpc) is 2.82. The molecule has 20 heavy (non-hydrogen) atoms. The Morgan fingerprint density at radius 3 is 2.45 bits per heavy atom. The topological polar surface area (TPSA) is 74.2 Å². The van der Waals surface area contributed by atoms with Crippen LogP contribution in [0.25, 0.3) is 0 Å². The van der Waals surface area contributed by atoms with Gasteiger partial charge in [0.15, 0.2) is 0 Å². The summed E-state index contributed by atoms with van der Waals surface area (Å²) in [5.41, 5.74) is 5.92. The first-order valence-electron chi connectivity index (χ1n) is 7.42. The first-order chi connectivity index (χ1) is 9.26. The lowest BCUT2D eigenvalue weighted by molar-refractivity contribution is 0.00718. The average molecular weight is 281 g/mol. The van der Waals surface area contributed by atoms with Gasteiger partial charge in [0.1, 0.15) is 6.10 Å². The molecule has 1 atom stereocenters. The molecule has 0 aromatic carbocycles. The highest BCUT2D eigenvalue weighted by molar-refractivity contribution is 5.06. The van der Waals surface area contributed by atoms with Gasteiger partial charge in [-0.3, -0.25) is 0 Å². The smallest absolute Gasteiger partial charge is 0.246 e. The van der Waals surface area contributed by atoms with Crippen molar-refractivity contribution >= 4 is 0 Å². The third-order valence-corrected chi connectivity index (χ3v) is 4.29. The lowest BCUT2D eigenvalue weighted by atomic mass is 9.78. The lowest BCUT2D eigenvalue weighted by Gasteiger charge is -2.32. The van der Waals surface area contributed by atoms with Crippen LogP contribution >= 0.6 is 0 Å². The molecule has 0 radical (unpaired) electrons. The Hall–Kier alpha value is -0.940. The van der Waals surface area contributed by atoms with E-state index in [0.29, 0.717) is 11.7 Å². The third kappa shape index (κ3) is 3.04. The molecule has 114 valence electrons. The fourth-order valence-electron chi connectivity index (χ4n) is 2.88. The summed E-state index contributed by atoms with van der Waals surface area (Å²) in [6.07, 6.45) is 3.85. The van der Waals surface area contributed by atoms with Gasteiger partial charge < -0.3 is 15.0 Å². The Bertz CT molecular complexity index is 442. The van der Waals surface area contributed by atoms with Crippen LogP contribution in [-0.4, -0.2) is 17.3 Å². The molecule has 1 aromatic heterocycles. The first kappa shape index (κ1) is 15.4. The molecule has 0 aliphatic heterocycles. The van der Waals surface area contributed by atoms with Crippen molar-refractivity contribution in [2.75, 3.05) is 7.11 Å². The zero-order valence-electron chi connectivity index (χ0n) is 13.3.